The van der Waals surface area contributed by atoms with E-state index in [1.165, 1.54) is 13.2 Å². The number of amides is 1. The van der Waals surface area contributed by atoms with E-state index in [4.69, 9.17) is 4.74 Å². The number of carboxylic acid groups (broad SMARTS) is 1. The summed E-state index contributed by atoms with van der Waals surface area (Å²) >= 11 is 0. The van der Waals surface area contributed by atoms with E-state index in [2.05, 4.69) is 5.10 Å². The van der Waals surface area contributed by atoms with Gasteiger partial charge in [0.15, 0.2) is 6.04 Å². The number of aliphatic carboxylic acids is 1. The molecule has 0 aromatic carbocycles. The number of rotatable bonds is 4. The Hall–Kier alpha value is -2.05. The maximum absolute atomic E-state index is 12.0. The van der Waals surface area contributed by atoms with E-state index < -0.39 is 23.7 Å². The molecule has 0 spiro atoms. The van der Waals surface area contributed by atoms with Crippen LogP contribution in [0.15, 0.2) is 12.4 Å². The smallest absolute Gasteiger partial charge is 0.411 e. The van der Waals surface area contributed by atoms with Crippen molar-refractivity contribution in [3.63, 3.8) is 0 Å². The topological polar surface area (TPSA) is 84.7 Å². The van der Waals surface area contributed by atoms with Crippen LogP contribution >= 0.6 is 0 Å². The normalized spacial score (nSPS) is 13.1. The molecule has 1 atom stereocenters. The molecule has 1 aromatic heterocycles. The number of hydrogen-bond donors (Lipinski definition) is 1. The summed E-state index contributed by atoms with van der Waals surface area (Å²) in [7, 11) is 1.40. The van der Waals surface area contributed by atoms with E-state index in [0.717, 1.165) is 4.90 Å². The highest BCUT2D eigenvalue weighted by atomic mass is 16.6. The molecular formula is C14H23N3O4. The third-order valence-electron chi connectivity index (χ3n) is 2.77. The zero-order valence-corrected chi connectivity index (χ0v) is 13.3. The summed E-state index contributed by atoms with van der Waals surface area (Å²) in [6.45, 7) is 9.05. The summed E-state index contributed by atoms with van der Waals surface area (Å²) in [6.07, 6.45) is 2.40. The molecule has 0 radical (unpaired) electrons. The van der Waals surface area contributed by atoms with Crippen LogP contribution in [0.1, 0.15) is 52.3 Å². The van der Waals surface area contributed by atoms with Crippen molar-refractivity contribution in [2.24, 2.45) is 0 Å². The summed E-state index contributed by atoms with van der Waals surface area (Å²) in [5, 5.41) is 13.5. The molecule has 0 fully saturated rings. The second-order valence-corrected chi connectivity index (χ2v) is 6.18. The van der Waals surface area contributed by atoms with Crippen molar-refractivity contribution in [1.82, 2.24) is 14.7 Å². The number of ether oxygens (including phenoxy) is 1. The summed E-state index contributed by atoms with van der Waals surface area (Å²) in [5.41, 5.74) is -0.249. The van der Waals surface area contributed by atoms with E-state index >= 15 is 0 Å². The predicted molar refractivity (Wildman–Crippen MR) is 77.0 cm³/mol. The molecule has 0 saturated carbocycles. The number of nitrogens with zero attached hydrogens (tertiary/aromatic N) is 3. The Balaban J connectivity index is 3.00. The summed E-state index contributed by atoms with van der Waals surface area (Å²) in [4.78, 5) is 24.6. The first-order chi connectivity index (χ1) is 9.53. The average Bonchev–Trinajstić information content (AvgIpc) is 2.75. The van der Waals surface area contributed by atoms with Gasteiger partial charge in [0.25, 0.3) is 0 Å². The van der Waals surface area contributed by atoms with Gasteiger partial charge in [-0.2, -0.15) is 5.10 Å². The minimum Gasteiger partial charge on any atom is -0.479 e. The van der Waals surface area contributed by atoms with Crippen molar-refractivity contribution < 1.29 is 19.4 Å². The van der Waals surface area contributed by atoms with Gasteiger partial charge in [-0.25, -0.2) is 9.59 Å². The third kappa shape index (κ3) is 4.47. The van der Waals surface area contributed by atoms with Crippen LogP contribution < -0.4 is 0 Å². The van der Waals surface area contributed by atoms with Crippen molar-refractivity contribution in [3.05, 3.63) is 18.0 Å². The van der Waals surface area contributed by atoms with E-state index in [-0.39, 0.29) is 6.04 Å². The Kier molecular flexibility index (Phi) is 4.98. The maximum Gasteiger partial charge on any atom is 0.411 e. The van der Waals surface area contributed by atoms with Crippen LogP contribution in [0.5, 0.6) is 0 Å². The molecule has 1 N–H and O–H groups in total. The Morgan fingerprint density at radius 1 is 1.38 bits per heavy atom. The SMILES string of the molecule is CC(C)n1cc(C(C(=O)O)N(C)C(=O)OC(C)(C)C)cn1. The summed E-state index contributed by atoms with van der Waals surface area (Å²) in [5.74, 6) is -1.13. The molecule has 118 valence electrons. The third-order valence-corrected chi connectivity index (χ3v) is 2.77. The van der Waals surface area contributed by atoms with Crippen LogP contribution in [0, 0.1) is 0 Å². The van der Waals surface area contributed by atoms with Gasteiger partial charge in [-0.05, 0) is 34.6 Å². The molecule has 1 aromatic rings. The van der Waals surface area contributed by atoms with Crippen molar-refractivity contribution >= 4 is 12.1 Å². The van der Waals surface area contributed by atoms with Gasteiger partial charge in [-0.3, -0.25) is 9.58 Å². The lowest BCUT2D eigenvalue weighted by molar-refractivity contribution is -0.142. The number of carboxylic acids is 1. The Morgan fingerprint density at radius 2 is 1.95 bits per heavy atom. The van der Waals surface area contributed by atoms with Gasteiger partial charge in [-0.15, -0.1) is 0 Å². The number of hydrogen-bond acceptors (Lipinski definition) is 4. The first-order valence-electron chi connectivity index (χ1n) is 6.75. The fourth-order valence-electron chi connectivity index (χ4n) is 1.75. The molecular weight excluding hydrogens is 274 g/mol. The largest absolute Gasteiger partial charge is 0.479 e. The van der Waals surface area contributed by atoms with Crippen molar-refractivity contribution in [2.45, 2.75) is 52.3 Å². The zero-order valence-electron chi connectivity index (χ0n) is 13.3. The monoisotopic (exact) mass is 297 g/mol. The van der Waals surface area contributed by atoms with Crippen LogP contribution in [0.3, 0.4) is 0 Å². The Labute approximate surface area is 124 Å². The fourth-order valence-corrected chi connectivity index (χ4v) is 1.75. The lowest BCUT2D eigenvalue weighted by Crippen LogP contribution is -2.39. The van der Waals surface area contributed by atoms with Crippen LogP contribution in [0.2, 0.25) is 0 Å². The van der Waals surface area contributed by atoms with E-state index in [1.54, 1.807) is 31.6 Å². The Morgan fingerprint density at radius 3 is 2.33 bits per heavy atom. The first kappa shape index (κ1) is 17.0. The van der Waals surface area contributed by atoms with Gasteiger partial charge in [0.05, 0.1) is 6.20 Å². The molecule has 1 unspecified atom stereocenters. The van der Waals surface area contributed by atoms with E-state index in [0.29, 0.717) is 5.56 Å². The summed E-state index contributed by atoms with van der Waals surface area (Å²) < 4.78 is 6.85. The molecule has 7 nitrogen and oxygen atoms in total. The molecule has 7 heteroatoms. The lowest BCUT2D eigenvalue weighted by atomic mass is 10.1. The maximum atomic E-state index is 12.0. The highest BCUT2D eigenvalue weighted by Gasteiger charge is 2.32. The van der Waals surface area contributed by atoms with Crippen LogP contribution in [-0.4, -0.2) is 44.5 Å². The number of carbonyl (C=O) groups excluding carboxylic acids is 1. The number of likely N-dealkylation sites (N-methyl/N-ethyl adjacent to an activating group) is 1. The predicted octanol–water partition coefficient (Wildman–Crippen LogP) is 2.46. The van der Waals surface area contributed by atoms with Gasteiger partial charge in [-0.1, -0.05) is 0 Å². The Bertz CT molecular complexity index is 517. The quantitative estimate of drug-likeness (QED) is 0.922. The van der Waals surface area contributed by atoms with Crippen LogP contribution in [-0.2, 0) is 9.53 Å². The zero-order chi connectivity index (χ0) is 16.4. The van der Waals surface area contributed by atoms with E-state index in [9.17, 15) is 14.7 Å². The lowest BCUT2D eigenvalue weighted by Gasteiger charge is -2.28. The van der Waals surface area contributed by atoms with Crippen molar-refractivity contribution in [2.75, 3.05) is 7.05 Å². The number of aromatic nitrogens is 2. The molecule has 1 amide bonds. The van der Waals surface area contributed by atoms with Crippen LogP contribution in [0.25, 0.3) is 0 Å². The highest BCUT2D eigenvalue weighted by Crippen LogP contribution is 2.22. The molecule has 0 bridgehead atoms. The molecule has 1 heterocycles. The second kappa shape index (κ2) is 6.15. The van der Waals surface area contributed by atoms with Gasteiger partial charge < -0.3 is 9.84 Å². The minimum atomic E-state index is -1.13. The summed E-state index contributed by atoms with van der Waals surface area (Å²) in [6, 6.07) is -1.02. The van der Waals surface area contributed by atoms with Gasteiger partial charge >= 0.3 is 12.1 Å². The van der Waals surface area contributed by atoms with Crippen molar-refractivity contribution in [3.8, 4) is 0 Å². The second-order valence-electron chi connectivity index (χ2n) is 6.18. The molecule has 1 rings (SSSR count). The van der Waals surface area contributed by atoms with Crippen LogP contribution in [0.4, 0.5) is 4.79 Å². The molecule has 0 saturated heterocycles. The standard InChI is InChI=1S/C14H23N3O4/c1-9(2)17-8-10(7-15-17)11(12(18)19)16(6)13(20)21-14(3,4)5/h7-9,11H,1-6H3,(H,18,19). The minimum absolute atomic E-state index is 0.111. The van der Waals surface area contributed by atoms with Gasteiger partial charge in [0.2, 0.25) is 0 Å². The highest BCUT2D eigenvalue weighted by molar-refractivity contribution is 5.81. The van der Waals surface area contributed by atoms with Crippen molar-refractivity contribution in [1.29, 1.82) is 0 Å². The van der Waals surface area contributed by atoms with E-state index in [1.807, 2.05) is 13.8 Å². The van der Waals surface area contributed by atoms with Gasteiger partial charge in [0.1, 0.15) is 5.60 Å². The molecule has 21 heavy (non-hydrogen) atoms. The molecule has 0 aliphatic heterocycles. The first-order valence-corrected chi connectivity index (χ1v) is 6.75. The average molecular weight is 297 g/mol. The fraction of sp³-hybridized carbons (Fsp3) is 0.643. The molecule has 0 aliphatic carbocycles. The molecule has 0 aliphatic rings. The number of carbonyl (C=O) groups is 2. The van der Waals surface area contributed by atoms with Gasteiger partial charge in [0, 0.05) is 24.8 Å².